The number of anilines is 1. The van der Waals surface area contributed by atoms with Crippen LogP contribution in [0.5, 0.6) is 0 Å². The van der Waals surface area contributed by atoms with Crippen LogP contribution in [0, 0.1) is 0 Å². The maximum absolute atomic E-state index is 4.63. The number of nitrogens with zero attached hydrogens (tertiary/aromatic N) is 1. The molecule has 14 heavy (non-hydrogen) atoms. The smallest absolute Gasteiger partial charge is 0.182 e. The third kappa shape index (κ3) is 2.27. The Kier molecular flexibility index (Phi) is 3.40. The lowest BCUT2D eigenvalue weighted by molar-refractivity contribution is 0.438. The van der Waals surface area contributed by atoms with Crippen LogP contribution in [0.1, 0.15) is 50.6 Å². The second-order valence-corrected chi connectivity index (χ2v) is 4.80. The molecule has 0 bridgehead atoms. The molecule has 0 amide bonds. The highest BCUT2D eigenvalue weighted by atomic mass is 32.1. The molecular weight excluding hydrogens is 192 g/mol. The van der Waals surface area contributed by atoms with Crippen molar-refractivity contribution in [2.24, 2.45) is 0 Å². The van der Waals surface area contributed by atoms with Gasteiger partial charge in [0.15, 0.2) is 5.13 Å². The average Bonchev–Trinajstić information content (AvgIpc) is 2.68. The molecule has 1 aliphatic rings. The van der Waals surface area contributed by atoms with Gasteiger partial charge in [-0.05, 0) is 19.8 Å². The molecule has 78 valence electrons. The summed E-state index contributed by atoms with van der Waals surface area (Å²) in [6, 6.07) is 0. The van der Waals surface area contributed by atoms with Crippen molar-refractivity contribution < 1.29 is 0 Å². The zero-order chi connectivity index (χ0) is 9.80. The minimum absolute atomic E-state index is 0.743. The number of hydrogen-bond donors (Lipinski definition) is 1. The summed E-state index contributed by atoms with van der Waals surface area (Å²) in [5.74, 6) is 0.743. The van der Waals surface area contributed by atoms with Crippen LogP contribution in [0.2, 0.25) is 0 Å². The van der Waals surface area contributed by atoms with Gasteiger partial charge in [-0.25, -0.2) is 4.98 Å². The van der Waals surface area contributed by atoms with Gasteiger partial charge < -0.3 is 5.32 Å². The number of aromatic nitrogens is 1. The van der Waals surface area contributed by atoms with Gasteiger partial charge in [0.05, 0.1) is 5.69 Å². The normalized spacial score (nSPS) is 18.4. The molecule has 1 aromatic rings. The number of hydrogen-bond acceptors (Lipinski definition) is 3. The van der Waals surface area contributed by atoms with Crippen LogP contribution in [0.3, 0.4) is 0 Å². The van der Waals surface area contributed by atoms with E-state index in [0.29, 0.717) is 0 Å². The fraction of sp³-hybridized carbons (Fsp3) is 0.727. The van der Waals surface area contributed by atoms with Crippen molar-refractivity contribution in [3.05, 3.63) is 11.1 Å². The molecule has 2 rings (SSSR count). The predicted octanol–water partition coefficient (Wildman–Crippen LogP) is 3.62. The van der Waals surface area contributed by atoms with Gasteiger partial charge in [-0.3, -0.25) is 0 Å². The molecule has 0 aromatic carbocycles. The van der Waals surface area contributed by atoms with Gasteiger partial charge >= 0.3 is 0 Å². The Morgan fingerprint density at radius 1 is 1.43 bits per heavy atom. The van der Waals surface area contributed by atoms with Crippen molar-refractivity contribution in [3.63, 3.8) is 0 Å². The van der Waals surface area contributed by atoms with E-state index in [4.69, 9.17) is 0 Å². The Morgan fingerprint density at radius 2 is 2.21 bits per heavy atom. The van der Waals surface area contributed by atoms with Crippen molar-refractivity contribution in [1.29, 1.82) is 0 Å². The molecule has 0 atom stereocenters. The van der Waals surface area contributed by atoms with Crippen LogP contribution in [0.25, 0.3) is 0 Å². The molecule has 0 radical (unpaired) electrons. The fourth-order valence-corrected chi connectivity index (χ4v) is 2.97. The number of rotatable bonds is 3. The number of thiazole rings is 1. The van der Waals surface area contributed by atoms with E-state index >= 15 is 0 Å². The van der Waals surface area contributed by atoms with E-state index < -0.39 is 0 Å². The number of nitrogens with one attached hydrogen (secondary N) is 1. The van der Waals surface area contributed by atoms with Gasteiger partial charge in [0.25, 0.3) is 0 Å². The Morgan fingerprint density at radius 3 is 2.93 bits per heavy atom. The lowest BCUT2D eigenvalue weighted by atomic mass is 9.87. The Labute approximate surface area is 89.8 Å². The maximum atomic E-state index is 4.63. The zero-order valence-electron chi connectivity index (χ0n) is 8.75. The van der Waals surface area contributed by atoms with Crippen molar-refractivity contribution >= 4 is 16.5 Å². The molecule has 1 saturated carbocycles. The van der Waals surface area contributed by atoms with Crippen LogP contribution in [0.4, 0.5) is 5.13 Å². The van der Waals surface area contributed by atoms with Crippen molar-refractivity contribution in [3.8, 4) is 0 Å². The lowest BCUT2D eigenvalue weighted by Crippen LogP contribution is -2.05. The summed E-state index contributed by atoms with van der Waals surface area (Å²) < 4.78 is 0. The first-order valence-electron chi connectivity index (χ1n) is 5.59. The van der Waals surface area contributed by atoms with Crippen LogP contribution in [-0.4, -0.2) is 11.5 Å². The van der Waals surface area contributed by atoms with Crippen LogP contribution >= 0.6 is 11.3 Å². The summed E-state index contributed by atoms with van der Waals surface area (Å²) in [6.07, 6.45) is 6.88. The van der Waals surface area contributed by atoms with Gasteiger partial charge in [0, 0.05) is 17.8 Å². The molecule has 1 fully saturated rings. The quantitative estimate of drug-likeness (QED) is 0.824. The van der Waals surface area contributed by atoms with Crippen LogP contribution in [0.15, 0.2) is 5.38 Å². The molecule has 0 unspecified atom stereocenters. The molecule has 1 N–H and O–H groups in total. The molecule has 2 nitrogen and oxygen atoms in total. The summed E-state index contributed by atoms with van der Waals surface area (Å²) >= 11 is 1.75. The molecule has 1 aromatic heterocycles. The van der Waals surface area contributed by atoms with Gasteiger partial charge in [-0.2, -0.15) is 0 Å². The van der Waals surface area contributed by atoms with E-state index in [1.807, 2.05) is 0 Å². The highest BCUT2D eigenvalue weighted by Gasteiger charge is 2.17. The maximum Gasteiger partial charge on any atom is 0.182 e. The minimum Gasteiger partial charge on any atom is -0.362 e. The molecule has 3 heteroatoms. The predicted molar refractivity (Wildman–Crippen MR) is 62.1 cm³/mol. The van der Waals surface area contributed by atoms with E-state index in [1.165, 1.54) is 37.8 Å². The second kappa shape index (κ2) is 4.78. The summed E-state index contributed by atoms with van der Waals surface area (Å²) in [4.78, 5) is 4.63. The monoisotopic (exact) mass is 210 g/mol. The first kappa shape index (κ1) is 9.97. The van der Waals surface area contributed by atoms with Crippen LogP contribution < -0.4 is 5.32 Å². The zero-order valence-corrected chi connectivity index (χ0v) is 9.57. The van der Waals surface area contributed by atoms with Gasteiger partial charge in [0.1, 0.15) is 0 Å². The summed E-state index contributed by atoms with van der Waals surface area (Å²) in [6.45, 7) is 3.08. The van der Waals surface area contributed by atoms with Gasteiger partial charge in [-0.15, -0.1) is 11.3 Å². The molecule has 1 aliphatic carbocycles. The third-order valence-electron chi connectivity index (χ3n) is 2.87. The van der Waals surface area contributed by atoms with E-state index in [9.17, 15) is 0 Å². The lowest BCUT2D eigenvalue weighted by Gasteiger charge is -2.19. The topological polar surface area (TPSA) is 24.9 Å². The van der Waals surface area contributed by atoms with E-state index in [-0.39, 0.29) is 0 Å². The SMILES string of the molecule is CCNc1nc(C2CCCCC2)cs1. The highest BCUT2D eigenvalue weighted by Crippen LogP contribution is 2.33. The molecule has 0 spiro atoms. The second-order valence-electron chi connectivity index (χ2n) is 3.94. The Balaban J connectivity index is 2.00. The summed E-state index contributed by atoms with van der Waals surface area (Å²) in [7, 11) is 0. The standard InChI is InChI=1S/C11H18N2S/c1-2-12-11-13-10(8-14-11)9-6-4-3-5-7-9/h8-9H,2-7H2,1H3,(H,12,13). The Hall–Kier alpha value is -0.570. The molecular formula is C11H18N2S. The van der Waals surface area contributed by atoms with Crippen molar-refractivity contribution in [2.45, 2.75) is 44.9 Å². The Bertz CT molecular complexity index is 277. The van der Waals surface area contributed by atoms with Gasteiger partial charge in [0.2, 0.25) is 0 Å². The first-order chi connectivity index (χ1) is 6.90. The minimum atomic E-state index is 0.743. The van der Waals surface area contributed by atoms with Crippen molar-refractivity contribution in [2.75, 3.05) is 11.9 Å². The summed E-state index contributed by atoms with van der Waals surface area (Å²) in [5.41, 5.74) is 1.32. The van der Waals surface area contributed by atoms with E-state index in [2.05, 4.69) is 22.6 Å². The average molecular weight is 210 g/mol. The van der Waals surface area contributed by atoms with Crippen LogP contribution in [-0.2, 0) is 0 Å². The first-order valence-corrected chi connectivity index (χ1v) is 6.47. The van der Waals surface area contributed by atoms with Crippen molar-refractivity contribution in [1.82, 2.24) is 4.98 Å². The molecule has 0 aliphatic heterocycles. The largest absolute Gasteiger partial charge is 0.362 e. The third-order valence-corrected chi connectivity index (χ3v) is 3.69. The summed E-state index contributed by atoms with van der Waals surface area (Å²) in [5, 5.41) is 6.60. The fourth-order valence-electron chi connectivity index (χ4n) is 2.10. The molecule has 0 saturated heterocycles. The van der Waals surface area contributed by atoms with E-state index in [1.54, 1.807) is 11.3 Å². The van der Waals surface area contributed by atoms with E-state index in [0.717, 1.165) is 17.6 Å². The highest BCUT2D eigenvalue weighted by molar-refractivity contribution is 7.13. The molecule has 1 heterocycles. The van der Waals surface area contributed by atoms with Gasteiger partial charge in [-0.1, -0.05) is 19.3 Å².